The Morgan fingerprint density at radius 3 is 2.52 bits per heavy atom. The first kappa shape index (κ1) is 15.5. The molecule has 1 aliphatic heterocycles. The van der Waals surface area contributed by atoms with Gasteiger partial charge in [-0.3, -0.25) is 9.59 Å². The smallest absolute Gasteiger partial charge is 0.248 e. The van der Waals surface area contributed by atoms with E-state index in [4.69, 9.17) is 4.74 Å². The number of benzene rings is 1. The fourth-order valence-electron chi connectivity index (χ4n) is 2.54. The number of hydrogen-bond donors (Lipinski definition) is 1. The second kappa shape index (κ2) is 7.78. The van der Waals surface area contributed by atoms with Crippen LogP contribution >= 0.6 is 0 Å². The molecule has 0 radical (unpaired) electrons. The minimum absolute atomic E-state index is 0.000284. The molecule has 0 spiro atoms. The highest BCUT2D eigenvalue weighted by atomic mass is 16.5. The van der Waals surface area contributed by atoms with Crippen molar-refractivity contribution < 1.29 is 14.3 Å². The van der Waals surface area contributed by atoms with Gasteiger partial charge in [-0.1, -0.05) is 30.3 Å². The van der Waals surface area contributed by atoms with Crippen molar-refractivity contribution in [3.63, 3.8) is 0 Å². The van der Waals surface area contributed by atoms with E-state index in [1.807, 2.05) is 30.3 Å². The van der Waals surface area contributed by atoms with Crippen LogP contribution in [0.1, 0.15) is 18.4 Å². The van der Waals surface area contributed by atoms with E-state index in [1.165, 1.54) is 7.11 Å². The highest BCUT2D eigenvalue weighted by Gasteiger charge is 2.26. The lowest BCUT2D eigenvalue weighted by Gasteiger charge is -2.31. The van der Waals surface area contributed by atoms with E-state index in [0.29, 0.717) is 19.6 Å². The molecular weight excluding hydrogens is 268 g/mol. The predicted octanol–water partition coefficient (Wildman–Crippen LogP) is 1.19. The number of nitrogens with zero attached hydrogens (tertiary/aromatic N) is 1. The standard InChI is InChI=1S/C16H22N2O3/c1-21-12-15(19)18-9-7-14(8-10-18)16(20)17-11-13-5-3-2-4-6-13/h2-6,14H,7-12H2,1H3,(H,17,20). The third kappa shape index (κ3) is 4.56. The number of amides is 2. The first-order valence-corrected chi connectivity index (χ1v) is 7.29. The molecule has 0 saturated carbocycles. The Bertz CT molecular complexity index is 468. The average molecular weight is 290 g/mol. The van der Waals surface area contributed by atoms with Gasteiger partial charge in [0.15, 0.2) is 0 Å². The van der Waals surface area contributed by atoms with Crippen LogP contribution < -0.4 is 5.32 Å². The van der Waals surface area contributed by atoms with E-state index >= 15 is 0 Å². The summed E-state index contributed by atoms with van der Waals surface area (Å²) in [4.78, 5) is 25.6. The summed E-state index contributed by atoms with van der Waals surface area (Å²) in [6.07, 6.45) is 1.44. The summed E-state index contributed by atoms with van der Waals surface area (Å²) in [7, 11) is 1.52. The molecule has 1 aliphatic rings. The Hall–Kier alpha value is -1.88. The average Bonchev–Trinajstić information content (AvgIpc) is 2.54. The van der Waals surface area contributed by atoms with Crippen molar-refractivity contribution in [1.82, 2.24) is 10.2 Å². The molecule has 1 fully saturated rings. The van der Waals surface area contributed by atoms with Crippen LogP contribution in [0.4, 0.5) is 0 Å². The summed E-state index contributed by atoms with van der Waals surface area (Å²) in [5.74, 6) is 0.0821. The zero-order valence-electron chi connectivity index (χ0n) is 12.4. The SMILES string of the molecule is COCC(=O)N1CCC(C(=O)NCc2ccccc2)CC1. The van der Waals surface area contributed by atoms with Gasteiger partial charge in [-0.05, 0) is 18.4 Å². The lowest BCUT2D eigenvalue weighted by atomic mass is 9.96. The van der Waals surface area contributed by atoms with Crippen molar-refractivity contribution in [2.45, 2.75) is 19.4 Å². The van der Waals surface area contributed by atoms with Crippen molar-refractivity contribution in [2.75, 3.05) is 26.8 Å². The molecule has 5 heteroatoms. The second-order valence-corrected chi connectivity index (χ2v) is 5.29. The van der Waals surface area contributed by atoms with Crippen LogP contribution in [0.3, 0.4) is 0 Å². The Balaban J connectivity index is 1.74. The molecule has 5 nitrogen and oxygen atoms in total. The number of ether oxygens (including phenoxy) is 1. The molecule has 1 aromatic carbocycles. The fourth-order valence-corrected chi connectivity index (χ4v) is 2.54. The van der Waals surface area contributed by atoms with Gasteiger partial charge in [-0.2, -0.15) is 0 Å². The maximum Gasteiger partial charge on any atom is 0.248 e. The van der Waals surface area contributed by atoms with Crippen molar-refractivity contribution in [1.29, 1.82) is 0 Å². The Morgan fingerprint density at radius 1 is 1.24 bits per heavy atom. The molecule has 0 atom stereocenters. The summed E-state index contributed by atoms with van der Waals surface area (Å²) in [6.45, 7) is 1.94. The zero-order chi connectivity index (χ0) is 15.1. The van der Waals surface area contributed by atoms with Gasteiger partial charge in [-0.25, -0.2) is 0 Å². The van der Waals surface area contributed by atoms with Crippen molar-refractivity contribution in [3.8, 4) is 0 Å². The molecule has 21 heavy (non-hydrogen) atoms. The van der Waals surface area contributed by atoms with Crippen molar-refractivity contribution >= 4 is 11.8 Å². The van der Waals surface area contributed by atoms with Gasteiger partial charge in [-0.15, -0.1) is 0 Å². The van der Waals surface area contributed by atoms with Crippen LogP contribution in [0.25, 0.3) is 0 Å². The molecule has 0 bridgehead atoms. The van der Waals surface area contributed by atoms with Gasteiger partial charge < -0.3 is 15.0 Å². The van der Waals surface area contributed by atoms with Crippen molar-refractivity contribution in [3.05, 3.63) is 35.9 Å². The first-order valence-electron chi connectivity index (χ1n) is 7.29. The van der Waals surface area contributed by atoms with E-state index in [2.05, 4.69) is 5.32 Å². The number of carbonyl (C=O) groups is 2. The molecular formula is C16H22N2O3. The number of likely N-dealkylation sites (tertiary alicyclic amines) is 1. The topological polar surface area (TPSA) is 58.6 Å². The molecule has 1 aromatic rings. The van der Waals surface area contributed by atoms with E-state index in [1.54, 1.807) is 4.90 Å². The third-order valence-electron chi connectivity index (χ3n) is 3.80. The second-order valence-electron chi connectivity index (χ2n) is 5.29. The van der Waals surface area contributed by atoms with Crippen LogP contribution in [-0.2, 0) is 20.9 Å². The molecule has 0 aromatic heterocycles. The molecule has 1 saturated heterocycles. The van der Waals surface area contributed by atoms with Gasteiger partial charge in [0.05, 0.1) is 0 Å². The van der Waals surface area contributed by atoms with Crippen LogP contribution in [-0.4, -0.2) is 43.5 Å². The lowest BCUT2D eigenvalue weighted by Crippen LogP contribution is -2.44. The number of rotatable bonds is 5. The van der Waals surface area contributed by atoms with Crippen LogP contribution in [0.5, 0.6) is 0 Å². The van der Waals surface area contributed by atoms with E-state index in [-0.39, 0.29) is 24.3 Å². The summed E-state index contributed by atoms with van der Waals surface area (Å²) >= 11 is 0. The monoisotopic (exact) mass is 290 g/mol. The first-order chi connectivity index (χ1) is 10.2. The quantitative estimate of drug-likeness (QED) is 0.886. The number of piperidine rings is 1. The van der Waals surface area contributed by atoms with E-state index in [0.717, 1.165) is 18.4 Å². The van der Waals surface area contributed by atoms with Gasteiger partial charge in [0.1, 0.15) is 6.61 Å². The molecule has 114 valence electrons. The van der Waals surface area contributed by atoms with Crippen LogP contribution in [0.2, 0.25) is 0 Å². The Morgan fingerprint density at radius 2 is 1.90 bits per heavy atom. The largest absolute Gasteiger partial charge is 0.375 e. The number of methoxy groups -OCH3 is 1. The highest BCUT2D eigenvalue weighted by Crippen LogP contribution is 2.17. The Kier molecular flexibility index (Phi) is 5.75. The minimum atomic E-state index is 0.000284. The molecule has 0 unspecified atom stereocenters. The summed E-state index contributed by atoms with van der Waals surface area (Å²) in [5.41, 5.74) is 1.10. The summed E-state index contributed by atoms with van der Waals surface area (Å²) in [5, 5.41) is 2.97. The molecule has 1 heterocycles. The lowest BCUT2D eigenvalue weighted by molar-refractivity contribution is -0.138. The molecule has 0 aliphatic carbocycles. The van der Waals surface area contributed by atoms with E-state index < -0.39 is 0 Å². The van der Waals surface area contributed by atoms with Crippen LogP contribution in [0, 0.1) is 5.92 Å². The zero-order valence-corrected chi connectivity index (χ0v) is 12.4. The molecule has 1 N–H and O–H groups in total. The summed E-state index contributed by atoms with van der Waals surface area (Å²) < 4.78 is 4.85. The van der Waals surface area contributed by atoms with Crippen LogP contribution in [0.15, 0.2) is 30.3 Å². The highest BCUT2D eigenvalue weighted by molar-refractivity contribution is 5.80. The third-order valence-corrected chi connectivity index (χ3v) is 3.80. The number of hydrogen-bond acceptors (Lipinski definition) is 3. The molecule has 2 rings (SSSR count). The van der Waals surface area contributed by atoms with E-state index in [9.17, 15) is 9.59 Å². The normalized spacial score (nSPS) is 15.8. The maximum atomic E-state index is 12.1. The molecule has 2 amide bonds. The van der Waals surface area contributed by atoms with Gasteiger partial charge in [0.2, 0.25) is 11.8 Å². The van der Waals surface area contributed by atoms with Gasteiger partial charge in [0, 0.05) is 32.7 Å². The fraction of sp³-hybridized carbons (Fsp3) is 0.500. The van der Waals surface area contributed by atoms with Gasteiger partial charge >= 0.3 is 0 Å². The summed E-state index contributed by atoms with van der Waals surface area (Å²) in [6, 6.07) is 9.86. The predicted molar refractivity (Wildman–Crippen MR) is 79.5 cm³/mol. The number of carbonyl (C=O) groups excluding carboxylic acids is 2. The van der Waals surface area contributed by atoms with Crippen molar-refractivity contribution in [2.24, 2.45) is 5.92 Å². The maximum absolute atomic E-state index is 12.1. The number of nitrogens with one attached hydrogen (secondary N) is 1. The Labute approximate surface area is 125 Å². The minimum Gasteiger partial charge on any atom is -0.375 e. The van der Waals surface area contributed by atoms with Gasteiger partial charge in [0.25, 0.3) is 0 Å².